The van der Waals surface area contributed by atoms with Gasteiger partial charge in [0.2, 0.25) is 0 Å². The first-order valence-electron chi connectivity index (χ1n) is 4.18. The molecule has 132 valence electrons. The predicted octanol–water partition coefficient (Wildman–Crippen LogP) is 3.79. The molecule has 0 saturated carbocycles. The quantitative estimate of drug-likeness (QED) is 0.520. The second-order valence-corrected chi connectivity index (χ2v) is 4.63. The van der Waals surface area contributed by atoms with E-state index >= 15 is 0 Å². The van der Waals surface area contributed by atoms with Crippen LogP contribution in [0.4, 0.5) is 52.2 Å². The van der Waals surface area contributed by atoms with Crippen molar-refractivity contribution in [3.63, 3.8) is 0 Å². The monoisotopic (exact) mass is 380 g/mol. The van der Waals surface area contributed by atoms with Gasteiger partial charge in [-0.2, -0.15) is 56.7 Å². The fourth-order valence-corrected chi connectivity index (χ4v) is 1.13. The van der Waals surface area contributed by atoms with Crippen LogP contribution in [-0.2, 0) is 15.0 Å². The molecule has 0 radical (unpaired) electrons. The molecule has 0 amide bonds. The van der Waals surface area contributed by atoms with Gasteiger partial charge >= 0.3 is 39.7 Å². The van der Waals surface area contributed by atoms with Crippen molar-refractivity contribution in [2.75, 3.05) is 0 Å². The summed E-state index contributed by atoms with van der Waals surface area (Å²) in [6, 6.07) is 0. The van der Waals surface area contributed by atoms with Crippen LogP contribution in [0.5, 0.6) is 0 Å². The third-order valence-electron chi connectivity index (χ3n) is 1.72. The number of rotatable bonds is 6. The number of halogens is 12. The second kappa shape index (κ2) is 5.47. The van der Waals surface area contributed by atoms with E-state index in [0.717, 1.165) is 0 Å². The van der Waals surface area contributed by atoms with Gasteiger partial charge in [-0.1, -0.05) is 3.89 Å². The van der Waals surface area contributed by atoms with Gasteiger partial charge in [0.25, 0.3) is 5.83 Å². The van der Waals surface area contributed by atoms with E-state index in [-0.39, 0.29) is 0 Å². The van der Waals surface area contributed by atoms with Crippen molar-refractivity contribution in [2.45, 2.75) is 23.4 Å². The summed E-state index contributed by atoms with van der Waals surface area (Å²) in [6.07, 6.45) is -17.9. The van der Waals surface area contributed by atoms with Crippen LogP contribution < -0.4 is 0 Å². The van der Waals surface area contributed by atoms with E-state index in [0.29, 0.717) is 0 Å². The Bertz CT molecular complexity index is 559. The molecule has 0 rings (SSSR count). The first kappa shape index (κ1) is 20.8. The van der Waals surface area contributed by atoms with Crippen molar-refractivity contribution in [1.82, 2.24) is 0 Å². The van der Waals surface area contributed by atoms with E-state index in [4.69, 9.17) is 0 Å². The van der Waals surface area contributed by atoms with Gasteiger partial charge in [0, 0.05) is 0 Å². The summed E-state index contributed by atoms with van der Waals surface area (Å²) < 4.78 is 167. The van der Waals surface area contributed by atoms with E-state index in [2.05, 4.69) is 0 Å². The smallest absolute Gasteiger partial charge is 0.244 e. The molecule has 0 heterocycles. The molecule has 0 aromatic rings. The number of alkyl halides is 8. The number of hydrogen-bond donors (Lipinski definition) is 0. The SMILES string of the molecule is O=S(=O)(F)C(F)(F)C(F)(F)C(F)(F)OC(F)(F)C(F)=C(F)F. The molecule has 3 nitrogen and oxygen atoms in total. The topological polar surface area (TPSA) is 43.4 Å². The number of ether oxygens (including phenoxy) is 1. The Balaban J connectivity index is 5.91. The lowest BCUT2D eigenvalue weighted by atomic mass is 10.3. The lowest BCUT2D eigenvalue weighted by molar-refractivity contribution is -0.443. The Morgan fingerprint density at radius 3 is 1.45 bits per heavy atom. The third kappa shape index (κ3) is 3.41. The standard InChI is InChI=1S/C6F12O3S/c7-1(2(8)9)3(10,11)21-5(14,15)4(12,13)6(16,17)22(18,19)20. The van der Waals surface area contributed by atoms with Gasteiger partial charge in [0.05, 0.1) is 0 Å². The van der Waals surface area contributed by atoms with Crippen molar-refractivity contribution >= 4 is 10.2 Å². The molecule has 0 aromatic heterocycles. The first-order chi connectivity index (χ1) is 9.31. The normalized spacial score (nSPS) is 14.9. The predicted molar refractivity (Wildman–Crippen MR) is 41.3 cm³/mol. The highest BCUT2D eigenvalue weighted by atomic mass is 32.3. The fraction of sp³-hybridized carbons (Fsp3) is 0.667. The van der Waals surface area contributed by atoms with E-state index in [1.807, 2.05) is 0 Å². The van der Waals surface area contributed by atoms with Gasteiger partial charge in [-0.05, 0) is 0 Å². The molecule has 0 spiro atoms. The van der Waals surface area contributed by atoms with Gasteiger partial charge < -0.3 is 0 Å². The molecule has 16 heteroatoms. The molecule has 0 N–H and O–H groups in total. The molecule has 22 heavy (non-hydrogen) atoms. The average molecular weight is 380 g/mol. The zero-order chi connectivity index (χ0) is 18.4. The first-order valence-corrected chi connectivity index (χ1v) is 5.56. The highest BCUT2D eigenvalue weighted by molar-refractivity contribution is 7.87. The van der Waals surface area contributed by atoms with E-state index < -0.39 is 45.5 Å². The Labute approximate surface area is 112 Å². The molecule has 0 aliphatic heterocycles. The van der Waals surface area contributed by atoms with Crippen molar-refractivity contribution in [1.29, 1.82) is 0 Å². The summed E-state index contributed by atoms with van der Waals surface area (Å²) in [4.78, 5) is 0. The Morgan fingerprint density at radius 2 is 1.18 bits per heavy atom. The van der Waals surface area contributed by atoms with Crippen molar-refractivity contribution in [2.24, 2.45) is 0 Å². The highest BCUT2D eigenvalue weighted by Crippen LogP contribution is 2.51. The lowest BCUT2D eigenvalue weighted by Gasteiger charge is -2.31. The summed E-state index contributed by atoms with van der Waals surface area (Å²) in [5.41, 5.74) is 0. The molecular formula is C6F12O3S. The maximum Gasteiger partial charge on any atom is 0.445 e. The molecule has 0 aliphatic carbocycles. The van der Waals surface area contributed by atoms with Crippen LogP contribution in [0, 0.1) is 0 Å². The molecule has 0 aromatic carbocycles. The van der Waals surface area contributed by atoms with E-state index in [9.17, 15) is 60.6 Å². The van der Waals surface area contributed by atoms with Crippen LogP contribution in [-0.4, -0.2) is 31.8 Å². The maximum atomic E-state index is 12.6. The minimum absolute atomic E-state index is 1.55. The minimum Gasteiger partial charge on any atom is -0.244 e. The van der Waals surface area contributed by atoms with E-state index in [1.165, 1.54) is 0 Å². The van der Waals surface area contributed by atoms with Crippen molar-refractivity contribution in [3.05, 3.63) is 11.9 Å². The fourth-order valence-electron chi connectivity index (χ4n) is 0.702. The summed E-state index contributed by atoms with van der Waals surface area (Å²) >= 11 is 0. The van der Waals surface area contributed by atoms with E-state index in [1.54, 1.807) is 4.74 Å². The second-order valence-electron chi connectivity index (χ2n) is 3.24. The van der Waals surface area contributed by atoms with Crippen LogP contribution in [0.2, 0.25) is 0 Å². The molecule has 0 bridgehead atoms. The minimum atomic E-state index is -7.78. The van der Waals surface area contributed by atoms with Crippen LogP contribution in [0.3, 0.4) is 0 Å². The third-order valence-corrected chi connectivity index (χ3v) is 2.58. The zero-order valence-electron chi connectivity index (χ0n) is 9.17. The summed E-state index contributed by atoms with van der Waals surface area (Å²) in [6.45, 7) is 0. The highest BCUT2D eigenvalue weighted by Gasteiger charge is 2.81. The van der Waals surface area contributed by atoms with Crippen LogP contribution in [0.25, 0.3) is 0 Å². The maximum absolute atomic E-state index is 12.6. The molecule has 0 unspecified atom stereocenters. The van der Waals surface area contributed by atoms with Gasteiger partial charge in [-0.3, -0.25) is 0 Å². The average Bonchev–Trinajstić information content (AvgIpc) is 2.24. The molecule has 0 saturated heterocycles. The van der Waals surface area contributed by atoms with Gasteiger partial charge in [-0.15, -0.1) is 0 Å². The summed E-state index contributed by atoms with van der Waals surface area (Å²) in [5.74, 6) is -11.7. The molecule has 0 aliphatic rings. The Morgan fingerprint density at radius 1 is 0.818 bits per heavy atom. The largest absolute Gasteiger partial charge is 0.445 e. The van der Waals surface area contributed by atoms with Crippen LogP contribution >= 0.6 is 0 Å². The van der Waals surface area contributed by atoms with Gasteiger partial charge in [0.1, 0.15) is 0 Å². The van der Waals surface area contributed by atoms with Gasteiger partial charge in [0.15, 0.2) is 0 Å². The lowest BCUT2D eigenvalue weighted by Crippen LogP contribution is -2.59. The van der Waals surface area contributed by atoms with Crippen molar-refractivity contribution in [3.8, 4) is 0 Å². The van der Waals surface area contributed by atoms with Crippen molar-refractivity contribution < 1.29 is 65.3 Å². The summed E-state index contributed by atoms with van der Waals surface area (Å²) in [7, 11) is -7.78. The molecule has 0 atom stereocenters. The Hall–Kier alpha value is -1.19. The summed E-state index contributed by atoms with van der Waals surface area (Å²) in [5, 5.41) is -7.30. The van der Waals surface area contributed by atoms with Crippen LogP contribution in [0.1, 0.15) is 0 Å². The molecule has 0 fully saturated rings. The zero-order valence-corrected chi connectivity index (χ0v) is 9.99. The van der Waals surface area contributed by atoms with Crippen LogP contribution in [0.15, 0.2) is 11.9 Å². The molecular weight excluding hydrogens is 380 g/mol. The van der Waals surface area contributed by atoms with Gasteiger partial charge in [-0.25, -0.2) is 4.74 Å². The number of hydrogen-bond acceptors (Lipinski definition) is 3. The Kier molecular flexibility index (Phi) is 5.17.